The molecule has 20 heavy (non-hydrogen) atoms. The molecule has 0 aliphatic carbocycles. The molecule has 102 valence electrons. The highest BCUT2D eigenvalue weighted by Crippen LogP contribution is 2.43. The van der Waals surface area contributed by atoms with Crippen LogP contribution in [-0.4, -0.2) is 18.9 Å². The topological polar surface area (TPSA) is 20.3 Å². The summed E-state index contributed by atoms with van der Waals surface area (Å²) in [5, 5.41) is 2.47. The minimum absolute atomic E-state index is 0.231. The fraction of sp³-hybridized carbons (Fsp3) is 0.389. The van der Waals surface area contributed by atoms with Gasteiger partial charge in [0.1, 0.15) is 0 Å². The van der Waals surface area contributed by atoms with Crippen molar-refractivity contribution >= 4 is 22.2 Å². The van der Waals surface area contributed by atoms with E-state index in [-0.39, 0.29) is 5.78 Å². The van der Waals surface area contributed by atoms with Crippen LogP contribution in [0.4, 0.5) is 5.69 Å². The molecule has 3 aliphatic rings. The van der Waals surface area contributed by atoms with E-state index in [1.54, 1.807) is 0 Å². The van der Waals surface area contributed by atoms with Gasteiger partial charge in [-0.3, -0.25) is 4.79 Å². The molecule has 2 aromatic rings. The Labute approximate surface area is 119 Å². The first-order valence-electron chi connectivity index (χ1n) is 7.62. The van der Waals surface area contributed by atoms with Gasteiger partial charge in [0.15, 0.2) is 5.78 Å². The number of Topliss-reactive ketones (excluding diaryl/α,β-unsaturated/α-hetero) is 1. The molecular formula is C18H19NO. The van der Waals surface area contributed by atoms with Gasteiger partial charge in [0.25, 0.3) is 0 Å². The number of carbonyl (C=O) groups is 1. The standard InChI is InChI=1S/C18H19NO/c1-2-18(20)14-4-3-13-11-17-16(10-15(13)9-14)12-5-7-19(17)8-6-12/h3-4,9-12H,2,5-8H2,1H3. The number of anilines is 1. The SMILES string of the molecule is CCC(=O)c1ccc2cc3c(cc2c1)C1CCN3CC1. The molecule has 0 spiro atoms. The summed E-state index contributed by atoms with van der Waals surface area (Å²) < 4.78 is 0. The number of ketones is 1. The third-order valence-electron chi connectivity index (χ3n) is 4.90. The average Bonchev–Trinajstić information content (AvgIpc) is 2.53. The van der Waals surface area contributed by atoms with E-state index in [2.05, 4.69) is 29.2 Å². The lowest BCUT2D eigenvalue weighted by molar-refractivity contribution is 0.0988. The van der Waals surface area contributed by atoms with Crippen LogP contribution in [0.1, 0.15) is 48.0 Å². The van der Waals surface area contributed by atoms with Crippen molar-refractivity contribution < 1.29 is 4.79 Å². The monoisotopic (exact) mass is 265 g/mol. The maximum Gasteiger partial charge on any atom is 0.162 e. The van der Waals surface area contributed by atoms with Crippen molar-refractivity contribution in [1.82, 2.24) is 0 Å². The number of piperidine rings is 1. The molecule has 2 aromatic carbocycles. The van der Waals surface area contributed by atoms with Crippen LogP contribution in [0.2, 0.25) is 0 Å². The van der Waals surface area contributed by atoms with Gasteiger partial charge in [-0.1, -0.05) is 19.1 Å². The molecule has 0 aromatic heterocycles. The number of rotatable bonds is 2. The molecule has 2 bridgehead atoms. The molecule has 5 rings (SSSR count). The van der Waals surface area contributed by atoms with Crippen molar-refractivity contribution in [3.05, 3.63) is 41.5 Å². The summed E-state index contributed by atoms with van der Waals surface area (Å²) in [5.74, 6) is 0.958. The van der Waals surface area contributed by atoms with Crippen LogP contribution in [-0.2, 0) is 0 Å². The van der Waals surface area contributed by atoms with E-state index < -0.39 is 0 Å². The van der Waals surface area contributed by atoms with E-state index >= 15 is 0 Å². The Morgan fingerprint density at radius 1 is 1.15 bits per heavy atom. The molecule has 3 aliphatic heterocycles. The molecule has 0 radical (unpaired) electrons. The molecule has 1 saturated heterocycles. The smallest absolute Gasteiger partial charge is 0.162 e. The summed E-state index contributed by atoms with van der Waals surface area (Å²) in [6.45, 7) is 4.33. The van der Waals surface area contributed by atoms with E-state index in [4.69, 9.17) is 0 Å². The molecule has 0 unspecified atom stereocenters. The first kappa shape index (κ1) is 12.0. The third-order valence-corrected chi connectivity index (χ3v) is 4.90. The van der Waals surface area contributed by atoms with E-state index in [0.29, 0.717) is 6.42 Å². The van der Waals surface area contributed by atoms with E-state index in [1.165, 1.54) is 48.0 Å². The normalized spacial score (nSPS) is 17.6. The number of fused-ring (bicyclic) bond motifs is 3. The molecule has 0 N–H and O–H groups in total. The summed E-state index contributed by atoms with van der Waals surface area (Å²) in [5.41, 5.74) is 3.77. The van der Waals surface area contributed by atoms with Gasteiger partial charge in [0.2, 0.25) is 0 Å². The lowest BCUT2D eigenvalue weighted by atomic mass is 9.82. The fourth-order valence-corrected chi connectivity index (χ4v) is 3.71. The van der Waals surface area contributed by atoms with E-state index in [0.717, 1.165) is 11.5 Å². The molecule has 0 saturated carbocycles. The fourth-order valence-electron chi connectivity index (χ4n) is 3.71. The predicted molar refractivity (Wildman–Crippen MR) is 82.8 cm³/mol. The zero-order chi connectivity index (χ0) is 13.7. The molecule has 2 nitrogen and oxygen atoms in total. The van der Waals surface area contributed by atoms with Crippen LogP contribution in [0.15, 0.2) is 30.3 Å². The second kappa shape index (κ2) is 4.34. The predicted octanol–water partition coefficient (Wildman–Crippen LogP) is 4.13. The van der Waals surface area contributed by atoms with Gasteiger partial charge in [-0.05, 0) is 53.3 Å². The highest BCUT2D eigenvalue weighted by Gasteiger charge is 2.30. The first-order chi connectivity index (χ1) is 9.76. The van der Waals surface area contributed by atoms with Crippen molar-refractivity contribution in [2.24, 2.45) is 0 Å². The van der Waals surface area contributed by atoms with Gasteiger partial charge in [0.05, 0.1) is 0 Å². The number of hydrogen-bond donors (Lipinski definition) is 0. The molecule has 1 fully saturated rings. The maximum atomic E-state index is 11.9. The second-order valence-corrected chi connectivity index (χ2v) is 6.01. The van der Waals surface area contributed by atoms with Crippen molar-refractivity contribution in [3.63, 3.8) is 0 Å². The van der Waals surface area contributed by atoms with Crippen LogP contribution in [0, 0.1) is 0 Å². The van der Waals surface area contributed by atoms with Crippen LogP contribution in [0.25, 0.3) is 10.8 Å². The quantitative estimate of drug-likeness (QED) is 0.761. The average molecular weight is 265 g/mol. The Bertz CT molecular complexity index is 696. The zero-order valence-corrected chi connectivity index (χ0v) is 11.9. The van der Waals surface area contributed by atoms with Gasteiger partial charge in [-0.2, -0.15) is 0 Å². The Balaban J connectivity index is 1.89. The maximum absolute atomic E-state index is 11.9. The lowest BCUT2D eigenvalue weighted by Crippen LogP contribution is -2.38. The van der Waals surface area contributed by atoms with Crippen LogP contribution in [0.3, 0.4) is 0 Å². The van der Waals surface area contributed by atoms with Gasteiger partial charge in [-0.15, -0.1) is 0 Å². The summed E-state index contributed by atoms with van der Waals surface area (Å²) in [7, 11) is 0. The first-order valence-corrected chi connectivity index (χ1v) is 7.62. The largest absolute Gasteiger partial charge is 0.371 e. The molecule has 0 atom stereocenters. The van der Waals surface area contributed by atoms with E-state index in [1.807, 2.05) is 13.0 Å². The summed E-state index contributed by atoms with van der Waals surface area (Å²) in [6.07, 6.45) is 3.14. The Hall–Kier alpha value is -1.83. The lowest BCUT2D eigenvalue weighted by Gasteiger charge is -2.42. The minimum atomic E-state index is 0.231. The number of carbonyl (C=O) groups excluding carboxylic acids is 1. The third kappa shape index (κ3) is 1.67. The summed E-state index contributed by atoms with van der Waals surface area (Å²) in [6, 6.07) is 10.8. The molecule has 0 amide bonds. The second-order valence-electron chi connectivity index (χ2n) is 6.01. The summed E-state index contributed by atoms with van der Waals surface area (Å²) >= 11 is 0. The van der Waals surface area contributed by atoms with Crippen LogP contribution in [0.5, 0.6) is 0 Å². The van der Waals surface area contributed by atoms with Crippen LogP contribution >= 0.6 is 0 Å². The number of nitrogens with zero attached hydrogens (tertiary/aromatic N) is 1. The van der Waals surface area contributed by atoms with E-state index in [9.17, 15) is 4.79 Å². The Morgan fingerprint density at radius 3 is 2.70 bits per heavy atom. The van der Waals surface area contributed by atoms with Crippen molar-refractivity contribution in [1.29, 1.82) is 0 Å². The minimum Gasteiger partial charge on any atom is -0.371 e. The highest BCUT2D eigenvalue weighted by atomic mass is 16.1. The number of hydrogen-bond acceptors (Lipinski definition) is 2. The zero-order valence-electron chi connectivity index (χ0n) is 11.9. The van der Waals surface area contributed by atoms with Gasteiger partial charge < -0.3 is 4.90 Å². The summed E-state index contributed by atoms with van der Waals surface area (Å²) in [4.78, 5) is 14.4. The van der Waals surface area contributed by atoms with Gasteiger partial charge in [0, 0.05) is 30.8 Å². The Kier molecular flexibility index (Phi) is 2.59. The molecule has 2 heteroatoms. The molecule has 3 heterocycles. The van der Waals surface area contributed by atoms with Crippen LogP contribution < -0.4 is 4.90 Å². The van der Waals surface area contributed by atoms with Crippen molar-refractivity contribution in [3.8, 4) is 0 Å². The highest BCUT2D eigenvalue weighted by molar-refractivity contribution is 6.00. The molecular weight excluding hydrogens is 246 g/mol. The number of benzene rings is 2. The van der Waals surface area contributed by atoms with Crippen molar-refractivity contribution in [2.75, 3.05) is 18.0 Å². The van der Waals surface area contributed by atoms with Crippen molar-refractivity contribution in [2.45, 2.75) is 32.1 Å². The Morgan fingerprint density at radius 2 is 1.95 bits per heavy atom. The van der Waals surface area contributed by atoms with Gasteiger partial charge >= 0.3 is 0 Å². The van der Waals surface area contributed by atoms with Gasteiger partial charge in [-0.25, -0.2) is 0 Å².